The minimum Gasteiger partial charge on any atom is -0.343 e. The van der Waals surface area contributed by atoms with E-state index in [1.54, 1.807) is 0 Å². The summed E-state index contributed by atoms with van der Waals surface area (Å²) in [5.41, 5.74) is 0.769. The Morgan fingerprint density at radius 3 is 2.84 bits per heavy atom. The standard InChI is InChI=1S/C13H20BrN3O.ClH/c1-4-16-8-11(14)5-12(16)13(18)17-7-9(2)15-6-10(17)3;/h5,8-10,15H,4,6-7H2,1-3H3;1H. The average Bonchev–Trinajstić information content (AvgIpc) is 2.72. The van der Waals surface area contributed by atoms with Gasteiger partial charge in [0.05, 0.1) is 0 Å². The quantitative estimate of drug-likeness (QED) is 0.890. The van der Waals surface area contributed by atoms with Crippen LogP contribution >= 0.6 is 28.3 Å². The highest BCUT2D eigenvalue weighted by Crippen LogP contribution is 2.19. The number of carbonyl (C=O) groups is 1. The topological polar surface area (TPSA) is 37.3 Å². The second-order valence-corrected chi connectivity index (χ2v) is 5.86. The van der Waals surface area contributed by atoms with Crippen molar-refractivity contribution in [2.75, 3.05) is 13.1 Å². The number of nitrogens with one attached hydrogen (secondary N) is 1. The van der Waals surface area contributed by atoms with Crippen molar-refractivity contribution >= 4 is 34.2 Å². The Bertz CT molecular complexity index is 449. The third kappa shape index (κ3) is 3.52. The van der Waals surface area contributed by atoms with Crippen LogP contribution < -0.4 is 5.32 Å². The van der Waals surface area contributed by atoms with Crippen LogP contribution in [-0.4, -0.2) is 40.5 Å². The van der Waals surface area contributed by atoms with Crippen molar-refractivity contribution < 1.29 is 4.79 Å². The third-order valence-electron chi connectivity index (χ3n) is 3.45. The molecule has 0 radical (unpaired) electrons. The average molecular weight is 351 g/mol. The van der Waals surface area contributed by atoms with Gasteiger partial charge in [-0.05, 0) is 42.8 Å². The number of amides is 1. The Labute approximate surface area is 129 Å². The van der Waals surface area contributed by atoms with Crippen LogP contribution in [0.15, 0.2) is 16.7 Å². The highest BCUT2D eigenvalue weighted by atomic mass is 79.9. The maximum Gasteiger partial charge on any atom is 0.270 e. The lowest BCUT2D eigenvalue weighted by molar-refractivity contribution is 0.0605. The van der Waals surface area contributed by atoms with Gasteiger partial charge in [-0.25, -0.2) is 0 Å². The van der Waals surface area contributed by atoms with Gasteiger partial charge in [0.15, 0.2) is 0 Å². The van der Waals surface area contributed by atoms with Gasteiger partial charge >= 0.3 is 0 Å². The lowest BCUT2D eigenvalue weighted by Gasteiger charge is -2.37. The molecule has 0 saturated carbocycles. The number of nitrogens with zero attached hydrogens (tertiary/aromatic N) is 2. The van der Waals surface area contributed by atoms with Crippen molar-refractivity contribution in [1.82, 2.24) is 14.8 Å². The van der Waals surface area contributed by atoms with Crippen molar-refractivity contribution in [3.05, 3.63) is 22.4 Å². The second kappa shape index (κ2) is 6.77. The summed E-state index contributed by atoms with van der Waals surface area (Å²) < 4.78 is 2.95. The first kappa shape index (κ1) is 16.5. The number of carbonyl (C=O) groups excluding carboxylic acids is 1. The molecule has 1 aromatic heterocycles. The molecule has 6 heteroatoms. The van der Waals surface area contributed by atoms with Crippen LogP contribution in [0.1, 0.15) is 31.3 Å². The molecule has 2 unspecified atom stereocenters. The SMILES string of the molecule is CCn1cc(Br)cc1C(=O)N1CC(C)NCC1C.Cl. The van der Waals surface area contributed by atoms with E-state index in [9.17, 15) is 4.79 Å². The molecule has 1 saturated heterocycles. The number of hydrogen-bond acceptors (Lipinski definition) is 2. The van der Waals surface area contributed by atoms with Crippen LogP contribution in [0.5, 0.6) is 0 Å². The van der Waals surface area contributed by atoms with Crippen molar-refractivity contribution in [2.24, 2.45) is 0 Å². The van der Waals surface area contributed by atoms with Gasteiger partial charge in [0.1, 0.15) is 5.69 Å². The summed E-state index contributed by atoms with van der Waals surface area (Å²) in [5.74, 6) is 0.128. The van der Waals surface area contributed by atoms with Gasteiger partial charge in [-0.15, -0.1) is 12.4 Å². The summed E-state index contributed by atoms with van der Waals surface area (Å²) in [5, 5.41) is 3.39. The van der Waals surface area contributed by atoms with Gasteiger partial charge in [0, 0.05) is 42.4 Å². The summed E-state index contributed by atoms with van der Waals surface area (Å²) in [7, 11) is 0. The van der Waals surface area contributed by atoms with Crippen LogP contribution in [0.2, 0.25) is 0 Å². The van der Waals surface area contributed by atoms with Gasteiger partial charge in [-0.1, -0.05) is 0 Å². The van der Waals surface area contributed by atoms with Crippen LogP contribution in [-0.2, 0) is 6.54 Å². The minimum absolute atomic E-state index is 0. The molecule has 4 nitrogen and oxygen atoms in total. The number of piperazine rings is 1. The monoisotopic (exact) mass is 349 g/mol. The largest absolute Gasteiger partial charge is 0.343 e. The molecular formula is C13H21BrClN3O. The first-order chi connectivity index (χ1) is 8.52. The second-order valence-electron chi connectivity index (χ2n) is 4.95. The van der Waals surface area contributed by atoms with E-state index in [0.29, 0.717) is 6.04 Å². The van der Waals surface area contributed by atoms with Crippen LogP contribution in [0.25, 0.3) is 0 Å². The fourth-order valence-electron chi connectivity index (χ4n) is 2.37. The zero-order valence-electron chi connectivity index (χ0n) is 11.5. The Kier molecular flexibility index (Phi) is 5.89. The fraction of sp³-hybridized carbons (Fsp3) is 0.615. The molecule has 1 aliphatic heterocycles. The molecule has 1 fully saturated rings. The van der Waals surface area contributed by atoms with Crippen molar-refractivity contribution in [3.8, 4) is 0 Å². The molecule has 1 aliphatic rings. The van der Waals surface area contributed by atoms with Crippen LogP contribution in [0.3, 0.4) is 0 Å². The highest BCUT2D eigenvalue weighted by molar-refractivity contribution is 9.10. The van der Waals surface area contributed by atoms with E-state index in [4.69, 9.17) is 0 Å². The molecule has 2 heterocycles. The van der Waals surface area contributed by atoms with Crippen LogP contribution in [0, 0.1) is 0 Å². The molecule has 1 amide bonds. The molecule has 0 aromatic carbocycles. The first-order valence-corrected chi connectivity index (χ1v) is 7.22. The predicted molar refractivity (Wildman–Crippen MR) is 83.0 cm³/mol. The predicted octanol–water partition coefficient (Wildman–Crippen LogP) is 2.51. The molecule has 0 aliphatic carbocycles. The van der Waals surface area contributed by atoms with Gasteiger partial charge in [-0.3, -0.25) is 4.79 Å². The molecule has 0 bridgehead atoms. The molecule has 2 atom stereocenters. The molecule has 19 heavy (non-hydrogen) atoms. The van der Waals surface area contributed by atoms with E-state index in [0.717, 1.165) is 29.8 Å². The molecule has 2 rings (SSSR count). The molecule has 1 N–H and O–H groups in total. The van der Waals surface area contributed by atoms with E-state index >= 15 is 0 Å². The zero-order valence-corrected chi connectivity index (χ0v) is 13.9. The number of aryl methyl sites for hydroxylation is 1. The zero-order chi connectivity index (χ0) is 13.3. The maximum atomic E-state index is 12.6. The van der Waals surface area contributed by atoms with E-state index in [1.165, 1.54) is 0 Å². The maximum absolute atomic E-state index is 12.6. The van der Waals surface area contributed by atoms with Gasteiger partial charge in [0.2, 0.25) is 0 Å². The number of halogens is 2. The third-order valence-corrected chi connectivity index (χ3v) is 3.88. The molecule has 1 aromatic rings. The minimum atomic E-state index is 0. The Morgan fingerprint density at radius 2 is 2.21 bits per heavy atom. The highest BCUT2D eigenvalue weighted by Gasteiger charge is 2.28. The number of rotatable bonds is 2. The first-order valence-electron chi connectivity index (χ1n) is 6.43. The Balaban J connectivity index is 0.00000180. The van der Waals surface area contributed by atoms with Gasteiger partial charge in [0.25, 0.3) is 5.91 Å². The Hall–Kier alpha value is -0.520. The van der Waals surface area contributed by atoms with Gasteiger partial charge < -0.3 is 14.8 Å². The summed E-state index contributed by atoms with van der Waals surface area (Å²) in [4.78, 5) is 14.6. The van der Waals surface area contributed by atoms with E-state index in [1.807, 2.05) is 28.7 Å². The lowest BCUT2D eigenvalue weighted by Crippen LogP contribution is -2.56. The van der Waals surface area contributed by atoms with E-state index in [-0.39, 0.29) is 24.4 Å². The fourth-order valence-corrected chi connectivity index (χ4v) is 2.83. The summed E-state index contributed by atoms with van der Waals surface area (Å²) in [6, 6.07) is 2.51. The van der Waals surface area contributed by atoms with Crippen molar-refractivity contribution in [3.63, 3.8) is 0 Å². The smallest absolute Gasteiger partial charge is 0.270 e. The number of aromatic nitrogens is 1. The van der Waals surface area contributed by atoms with Crippen LogP contribution in [0.4, 0.5) is 0 Å². The van der Waals surface area contributed by atoms with E-state index in [2.05, 4.69) is 35.1 Å². The van der Waals surface area contributed by atoms with Gasteiger partial charge in [-0.2, -0.15) is 0 Å². The van der Waals surface area contributed by atoms with Crippen molar-refractivity contribution in [2.45, 2.75) is 39.4 Å². The lowest BCUT2D eigenvalue weighted by atomic mass is 10.1. The molecule has 0 spiro atoms. The summed E-state index contributed by atoms with van der Waals surface area (Å²) in [6.45, 7) is 8.69. The number of hydrogen-bond donors (Lipinski definition) is 1. The Morgan fingerprint density at radius 1 is 1.53 bits per heavy atom. The normalized spacial score (nSPS) is 23.1. The van der Waals surface area contributed by atoms with E-state index < -0.39 is 0 Å². The summed E-state index contributed by atoms with van der Waals surface area (Å²) >= 11 is 3.44. The summed E-state index contributed by atoms with van der Waals surface area (Å²) in [6.07, 6.45) is 1.96. The molecular weight excluding hydrogens is 330 g/mol. The van der Waals surface area contributed by atoms with Crippen molar-refractivity contribution in [1.29, 1.82) is 0 Å². The molecule has 108 valence electrons.